The molecule has 2 rings (SSSR count). The molecule has 1 aliphatic heterocycles. The predicted molar refractivity (Wildman–Crippen MR) is 73.9 cm³/mol. The number of ether oxygens (including phenoxy) is 2. The third kappa shape index (κ3) is 3.16. The molecular formula is C14H14ClF2NO3. The lowest BCUT2D eigenvalue weighted by molar-refractivity contribution is -0.126. The van der Waals surface area contributed by atoms with Crippen LogP contribution in [0.2, 0.25) is 0 Å². The predicted octanol–water partition coefficient (Wildman–Crippen LogP) is 2.76. The van der Waals surface area contributed by atoms with Crippen molar-refractivity contribution in [2.24, 2.45) is 0 Å². The van der Waals surface area contributed by atoms with Crippen LogP contribution in [0.5, 0.6) is 5.75 Å². The van der Waals surface area contributed by atoms with Crippen LogP contribution in [0.25, 0.3) is 5.70 Å². The van der Waals surface area contributed by atoms with E-state index in [4.69, 9.17) is 16.3 Å². The van der Waals surface area contributed by atoms with Gasteiger partial charge in [-0.25, -0.2) is 8.78 Å². The van der Waals surface area contributed by atoms with Gasteiger partial charge in [-0.05, 0) is 6.42 Å². The molecule has 1 aliphatic rings. The van der Waals surface area contributed by atoms with Gasteiger partial charge in [-0.1, -0.05) is 6.08 Å². The molecule has 1 amide bonds. The average Bonchev–Trinajstić information content (AvgIpc) is 2.44. The van der Waals surface area contributed by atoms with Gasteiger partial charge in [-0.2, -0.15) is 0 Å². The highest BCUT2D eigenvalue weighted by atomic mass is 35.5. The van der Waals surface area contributed by atoms with Gasteiger partial charge in [-0.3, -0.25) is 4.79 Å². The van der Waals surface area contributed by atoms with Gasteiger partial charge in [0.05, 0.1) is 11.3 Å². The van der Waals surface area contributed by atoms with Crippen LogP contribution >= 0.6 is 11.6 Å². The molecule has 0 fully saturated rings. The van der Waals surface area contributed by atoms with Gasteiger partial charge in [0.25, 0.3) is 0 Å². The third-order valence-electron chi connectivity index (χ3n) is 3.09. The number of hydrogen-bond acceptors (Lipinski definition) is 3. The zero-order valence-electron chi connectivity index (χ0n) is 11.5. The van der Waals surface area contributed by atoms with E-state index in [1.807, 2.05) is 0 Å². The van der Waals surface area contributed by atoms with Crippen molar-refractivity contribution in [2.45, 2.75) is 11.8 Å². The number of alkyl halides is 1. The Morgan fingerprint density at radius 1 is 1.38 bits per heavy atom. The minimum Gasteiger partial charge on any atom is -0.467 e. The lowest BCUT2D eigenvalue weighted by atomic mass is 10.0. The fourth-order valence-corrected chi connectivity index (χ4v) is 2.29. The van der Waals surface area contributed by atoms with E-state index in [1.165, 1.54) is 20.2 Å². The number of amides is 1. The molecule has 7 heteroatoms. The van der Waals surface area contributed by atoms with E-state index in [-0.39, 0.29) is 30.2 Å². The van der Waals surface area contributed by atoms with E-state index >= 15 is 0 Å². The topological polar surface area (TPSA) is 38.8 Å². The van der Waals surface area contributed by atoms with Gasteiger partial charge in [0.1, 0.15) is 22.8 Å². The summed E-state index contributed by atoms with van der Waals surface area (Å²) in [5.41, 5.74) is -0.121. The van der Waals surface area contributed by atoms with Crippen LogP contribution < -0.4 is 4.74 Å². The number of rotatable bonds is 4. The van der Waals surface area contributed by atoms with Crippen LogP contribution in [0.15, 0.2) is 18.2 Å². The molecule has 0 spiro atoms. The second kappa shape index (κ2) is 6.41. The number of halogens is 3. The number of carbonyl (C=O) groups is 1. The van der Waals surface area contributed by atoms with Crippen molar-refractivity contribution in [3.05, 3.63) is 35.4 Å². The molecule has 4 nitrogen and oxygen atoms in total. The van der Waals surface area contributed by atoms with Gasteiger partial charge >= 0.3 is 0 Å². The lowest BCUT2D eigenvalue weighted by Gasteiger charge is -2.28. The average molecular weight is 318 g/mol. The summed E-state index contributed by atoms with van der Waals surface area (Å²) in [7, 11) is 2.83. The quantitative estimate of drug-likeness (QED) is 0.633. The fraction of sp³-hybridized carbons (Fsp3) is 0.357. The van der Waals surface area contributed by atoms with Crippen LogP contribution in [-0.4, -0.2) is 37.1 Å². The summed E-state index contributed by atoms with van der Waals surface area (Å²) in [5.74, 6) is -2.02. The van der Waals surface area contributed by atoms with E-state index in [0.29, 0.717) is 0 Å². The number of nitrogens with zero attached hydrogens (tertiary/aromatic N) is 1. The van der Waals surface area contributed by atoms with E-state index in [9.17, 15) is 13.6 Å². The number of hydrogen-bond donors (Lipinski definition) is 0. The minimum absolute atomic E-state index is 0.0104. The summed E-state index contributed by atoms with van der Waals surface area (Å²) in [5, 5.41) is -0.714. The number of carbonyl (C=O) groups excluding carboxylic acids is 1. The molecule has 1 aromatic rings. The highest BCUT2D eigenvalue weighted by molar-refractivity contribution is 6.31. The van der Waals surface area contributed by atoms with Crippen molar-refractivity contribution in [1.82, 2.24) is 4.90 Å². The van der Waals surface area contributed by atoms with Crippen molar-refractivity contribution in [1.29, 1.82) is 0 Å². The standard InChI is InChI=1S/C14H14ClF2NO3/c1-18-12(4-3-9(15)14(18)19)13-10(16)5-8(6-11(13)17)21-7-20-2/h4-6,9H,3,7H2,1-2H3. The van der Waals surface area contributed by atoms with Gasteiger partial charge in [-0.15, -0.1) is 11.6 Å². The number of allylic oxidation sites excluding steroid dienone is 1. The van der Waals surface area contributed by atoms with Crippen LogP contribution in [0, 0.1) is 11.6 Å². The van der Waals surface area contributed by atoms with Crippen LogP contribution in [0.3, 0.4) is 0 Å². The first-order chi connectivity index (χ1) is 9.95. The van der Waals surface area contributed by atoms with Crippen molar-refractivity contribution in [3.63, 3.8) is 0 Å². The molecule has 0 aromatic heterocycles. The van der Waals surface area contributed by atoms with E-state index in [2.05, 4.69) is 4.74 Å². The molecule has 0 radical (unpaired) electrons. The second-order valence-corrected chi connectivity index (χ2v) is 5.03. The van der Waals surface area contributed by atoms with E-state index < -0.39 is 22.9 Å². The first-order valence-corrected chi connectivity index (χ1v) is 6.62. The molecule has 1 unspecified atom stereocenters. The Kier molecular flexibility index (Phi) is 4.80. The Morgan fingerprint density at radius 2 is 2.00 bits per heavy atom. The normalized spacial score (nSPS) is 18.7. The largest absolute Gasteiger partial charge is 0.467 e. The maximum atomic E-state index is 14.1. The molecule has 0 aliphatic carbocycles. The molecular weight excluding hydrogens is 304 g/mol. The zero-order chi connectivity index (χ0) is 15.6. The van der Waals surface area contributed by atoms with E-state index in [0.717, 1.165) is 17.0 Å². The Balaban J connectivity index is 2.38. The Hall–Kier alpha value is -1.66. The maximum absolute atomic E-state index is 14.1. The smallest absolute Gasteiger partial charge is 0.245 e. The van der Waals surface area contributed by atoms with Crippen LogP contribution in [0.1, 0.15) is 12.0 Å². The molecule has 1 atom stereocenters. The molecule has 21 heavy (non-hydrogen) atoms. The Morgan fingerprint density at radius 3 is 2.57 bits per heavy atom. The highest BCUT2D eigenvalue weighted by Crippen LogP contribution is 2.32. The molecule has 1 aromatic carbocycles. The number of benzene rings is 1. The highest BCUT2D eigenvalue weighted by Gasteiger charge is 2.30. The fourth-order valence-electron chi connectivity index (χ4n) is 2.06. The van der Waals surface area contributed by atoms with Crippen molar-refractivity contribution in [2.75, 3.05) is 21.0 Å². The second-order valence-electron chi connectivity index (χ2n) is 4.50. The number of methoxy groups -OCH3 is 1. The Bertz CT molecular complexity index is 569. The van der Waals surface area contributed by atoms with Crippen LogP contribution in [-0.2, 0) is 9.53 Å². The SMILES string of the molecule is COCOc1cc(F)c(C2=CCC(Cl)C(=O)N2C)c(F)c1. The van der Waals surface area contributed by atoms with Crippen molar-refractivity contribution < 1.29 is 23.0 Å². The molecule has 0 N–H and O–H groups in total. The summed E-state index contributed by atoms with van der Waals surface area (Å²) in [6.07, 6.45) is 1.76. The van der Waals surface area contributed by atoms with E-state index in [1.54, 1.807) is 0 Å². The summed E-state index contributed by atoms with van der Waals surface area (Å²) in [4.78, 5) is 13.0. The summed E-state index contributed by atoms with van der Waals surface area (Å²) in [6, 6.07) is 2.09. The summed E-state index contributed by atoms with van der Waals surface area (Å²) in [6.45, 7) is -0.118. The van der Waals surface area contributed by atoms with Gasteiger partial charge in [0.15, 0.2) is 6.79 Å². The molecule has 1 heterocycles. The molecule has 114 valence electrons. The van der Waals surface area contributed by atoms with Gasteiger partial charge < -0.3 is 14.4 Å². The van der Waals surface area contributed by atoms with Gasteiger partial charge in [0.2, 0.25) is 5.91 Å². The zero-order valence-corrected chi connectivity index (χ0v) is 12.3. The van der Waals surface area contributed by atoms with Gasteiger partial charge in [0, 0.05) is 26.3 Å². The maximum Gasteiger partial charge on any atom is 0.245 e. The molecule has 0 saturated carbocycles. The van der Waals surface area contributed by atoms with Crippen molar-refractivity contribution in [3.8, 4) is 5.75 Å². The first kappa shape index (κ1) is 15.7. The first-order valence-electron chi connectivity index (χ1n) is 6.18. The Labute approximate surface area is 125 Å². The third-order valence-corrected chi connectivity index (χ3v) is 3.46. The summed E-state index contributed by atoms with van der Waals surface area (Å²) < 4.78 is 38.0. The van der Waals surface area contributed by atoms with Crippen molar-refractivity contribution >= 4 is 23.2 Å². The summed E-state index contributed by atoms with van der Waals surface area (Å²) >= 11 is 5.82. The van der Waals surface area contributed by atoms with Crippen LogP contribution in [0.4, 0.5) is 8.78 Å². The molecule has 0 saturated heterocycles. The lowest BCUT2D eigenvalue weighted by Crippen LogP contribution is -2.36. The minimum atomic E-state index is -0.819. The molecule has 0 bridgehead atoms. The monoisotopic (exact) mass is 317 g/mol.